The number of carbonyl (C=O) groups is 1. The van der Waals surface area contributed by atoms with Crippen molar-refractivity contribution in [3.63, 3.8) is 0 Å². The van der Waals surface area contributed by atoms with Gasteiger partial charge in [-0.1, -0.05) is 23.7 Å². The van der Waals surface area contributed by atoms with Crippen LogP contribution in [0.1, 0.15) is 24.1 Å². The third-order valence-electron chi connectivity index (χ3n) is 4.13. The number of nitrogens with one attached hydrogen (secondary N) is 2. The van der Waals surface area contributed by atoms with Crippen LogP contribution in [0, 0.1) is 0 Å². The molecule has 0 aliphatic carbocycles. The number of rotatable bonds is 9. The predicted molar refractivity (Wildman–Crippen MR) is 106 cm³/mol. The van der Waals surface area contributed by atoms with Gasteiger partial charge in [0.05, 0.1) is 27.9 Å². The first-order valence-electron chi connectivity index (χ1n) is 8.53. The quantitative estimate of drug-likeness (QED) is 0.685. The lowest BCUT2D eigenvalue weighted by Gasteiger charge is -2.16. The minimum atomic E-state index is -0.113. The lowest BCUT2D eigenvalue weighted by Crippen LogP contribution is -2.34. The molecule has 7 heteroatoms. The van der Waals surface area contributed by atoms with Crippen molar-refractivity contribution in [2.75, 3.05) is 27.9 Å². The zero-order valence-electron chi connectivity index (χ0n) is 16.0. The SMILES string of the molecule is COc1cc(CNC(=O)CN[C@@H](C)c2cccc(Cl)c2)cc(OC)c1OC. The van der Waals surface area contributed by atoms with Crippen molar-refractivity contribution in [2.24, 2.45) is 0 Å². The third kappa shape index (κ3) is 5.77. The first-order valence-corrected chi connectivity index (χ1v) is 8.90. The van der Waals surface area contributed by atoms with Gasteiger partial charge < -0.3 is 24.8 Å². The molecule has 0 radical (unpaired) electrons. The number of hydrogen-bond donors (Lipinski definition) is 2. The molecule has 2 N–H and O–H groups in total. The van der Waals surface area contributed by atoms with Gasteiger partial charge in [-0.15, -0.1) is 0 Å². The molecule has 0 aromatic heterocycles. The van der Waals surface area contributed by atoms with Gasteiger partial charge in [-0.25, -0.2) is 0 Å². The Kier molecular flexibility index (Phi) is 7.76. The molecule has 0 spiro atoms. The molecule has 1 atom stereocenters. The molecule has 27 heavy (non-hydrogen) atoms. The van der Waals surface area contributed by atoms with Crippen molar-refractivity contribution in [3.8, 4) is 17.2 Å². The standard InChI is InChI=1S/C20H25ClN2O4/c1-13(15-6-5-7-16(21)10-15)22-12-19(24)23-11-14-8-17(25-2)20(27-4)18(9-14)26-3/h5-10,13,22H,11-12H2,1-4H3,(H,23,24)/t13-/m0/s1. The summed E-state index contributed by atoms with van der Waals surface area (Å²) in [5, 5.41) is 6.74. The van der Waals surface area contributed by atoms with Crippen LogP contribution < -0.4 is 24.8 Å². The van der Waals surface area contributed by atoms with Crippen molar-refractivity contribution >= 4 is 17.5 Å². The summed E-state index contributed by atoms with van der Waals surface area (Å²) in [6.45, 7) is 2.53. The maximum Gasteiger partial charge on any atom is 0.234 e. The van der Waals surface area contributed by atoms with Gasteiger partial charge in [0.25, 0.3) is 0 Å². The van der Waals surface area contributed by atoms with Gasteiger partial charge in [0.15, 0.2) is 11.5 Å². The minimum absolute atomic E-state index is 0.00984. The maximum absolute atomic E-state index is 12.2. The van der Waals surface area contributed by atoms with Crippen molar-refractivity contribution in [1.29, 1.82) is 0 Å². The van der Waals surface area contributed by atoms with E-state index in [1.165, 1.54) is 0 Å². The van der Waals surface area contributed by atoms with E-state index in [9.17, 15) is 4.79 Å². The molecule has 0 saturated heterocycles. The van der Waals surface area contributed by atoms with Crippen LogP contribution in [0.2, 0.25) is 5.02 Å². The first kappa shape index (κ1) is 20.9. The number of halogens is 1. The van der Waals surface area contributed by atoms with E-state index >= 15 is 0 Å². The zero-order valence-corrected chi connectivity index (χ0v) is 16.7. The minimum Gasteiger partial charge on any atom is -0.493 e. The van der Waals surface area contributed by atoms with E-state index in [-0.39, 0.29) is 18.5 Å². The van der Waals surface area contributed by atoms with Crippen molar-refractivity contribution in [3.05, 3.63) is 52.5 Å². The van der Waals surface area contributed by atoms with Gasteiger partial charge in [-0.2, -0.15) is 0 Å². The molecular formula is C20H25ClN2O4. The zero-order chi connectivity index (χ0) is 19.8. The second-order valence-electron chi connectivity index (χ2n) is 5.97. The summed E-state index contributed by atoms with van der Waals surface area (Å²) in [5.74, 6) is 1.51. The van der Waals surface area contributed by atoms with Crippen molar-refractivity contribution in [2.45, 2.75) is 19.5 Å². The summed E-state index contributed by atoms with van der Waals surface area (Å²) >= 11 is 6.00. The van der Waals surface area contributed by atoms with Crippen LogP contribution in [-0.2, 0) is 11.3 Å². The number of benzene rings is 2. The normalized spacial score (nSPS) is 11.6. The summed E-state index contributed by atoms with van der Waals surface area (Å²) in [7, 11) is 4.66. The van der Waals surface area contributed by atoms with Gasteiger partial charge in [0, 0.05) is 17.6 Å². The van der Waals surface area contributed by atoms with E-state index < -0.39 is 0 Å². The molecule has 0 fully saturated rings. The van der Waals surface area contributed by atoms with Crippen molar-refractivity contribution in [1.82, 2.24) is 10.6 Å². The highest BCUT2D eigenvalue weighted by Gasteiger charge is 2.14. The second kappa shape index (κ2) is 10.0. The predicted octanol–water partition coefficient (Wildman–Crippen LogP) is 3.33. The van der Waals surface area contributed by atoms with Crippen LogP contribution in [0.3, 0.4) is 0 Å². The fourth-order valence-corrected chi connectivity index (χ4v) is 2.84. The van der Waals surface area contributed by atoms with Crippen molar-refractivity contribution < 1.29 is 19.0 Å². The monoisotopic (exact) mass is 392 g/mol. The number of amides is 1. The molecule has 2 rings (SSSR count). The third-order valence-corrected chi connectivity index (χ3v) is 4.37. The van der Waals surface area contributed by atoms with E-state index in [0.29, 0.717) is 28.8 Å². The summed E-state index contributed by atoms with van der Waals surface area (Å²) in [6, 6.07) is 11.2. The highest BCUT2D eigenvalue weighted by atomic mass is 35.5. The number of methoxy groups -OCH3 is 3. The lowest BCUT2D eigenvalue weighted by molar-refractivity contribution is -0.120. The van der Waals surface area contributed by atoms with Crippen LogP contribution in [-0.4, -0.2) is 33.8 Å². The highest BCUT2D eigenvalue weighted by Crippen LogP contribution is 2.38. The van der Waals surface area contributed by atoms with Gasteiger partial charge in [-0.3, -0.25) is 4.79 Å². The lowest BCUT2D eigenvalue weighted by atomic mass is 10.1. The molecule has 0 heterocycles. The average molecular weight is 393 g/mol. The summed E-state index contributed by atoms with van der Waals surface area (Å²) < 4.78 is 15.9. The molecule has 0 bridgehead atoms. The largest absolute Gasteiger partial charge is 0.493 e. The molecular weight excluding hydrogens is 368 g/mol. The Labute approximate surface area is 164 Å². The van der Waals surface area contributed by atoms with Gasteiger partial charge in [0.1, 0.15) is 0 Å². The summed E-state index contributed by atoms with van der Waals surface area (Å²) in [4.78, 5) is 12.2. The molecule has 0 saturated carbocycles. The molecule has 0 aliphatic rings. The van der Waals surface area contributed by atoms with Crippen LogP contribution in [0.4, 0.5) is 0 Å². The Morgan fingerprint density at radius 2 is 1.74 bits per heavy atom. The van der Waals surface area contributed by atoms with E-state index in [0.717, 1.165) is 11.1 Å². The Morgan fingerprint density at radius 3 is 2.30 bits per heavy atom. The average Bonchev–Trinajstić information content (AvgIpc) is 2.69. The smallest absolute Gasteiger partial charge is 0.234 e. The summed E-state index contributed by atoms with van der Waals surface area (Å²) in [6.07, 6.45) is 0. The van der Waals surface area contributed by atoms with Crippen LogP contribution >= 0.6 is 11.6 Å². The maximum atomic E-state index is 12.2. The Morgan fingerprint density at radius 1 is 1.07 bits per heavy atom. The molecule has 146 valence electrons. The molecule has 1 amide bonds. The topological polar surface area (TPSA) is 68.8 Å². The first-order chi connectivity index (χ1) is 13.0. The fraction of sp³-hybridized carbons (Fsp3) is 0.350. The summed E-state index contributed by atoms with van der Waals surface area (Å²) in [5.41, 5.74) is 1.88. The van der Waals surface area contributed by atoms with Crippen LogP contribution in [0.15, 0.2) is 36.4 Å². The second-order valence-corrected chi connectivity index (χ2v) is 6.40. The van der Waals surface area contributed by atoms with Gasteiger partial charge in [0.2, 0.25) is 11.7 Å². The van der Waals surface area contributed by atoms with E-state index in [1.807, 2.05) is 43.3 Å². The van der Waals surface area contributed by atoms with E-state index in [1.54, 1.807) is 21.3 Å². The molecule has 0 unspecified atom stereocenters. The highest BCUT2D eigenvalue weighted by molar-refractivity contribution is 6.30. The Bertz CT molecular complexity index is 757. The Hall–Kier alpha value is -2.44. The number of hydrogen-bond acceptors (Lipinski definition) is 5. The Balaban J connectivity index is 1.91. The number of ether oxygens (including phenoxy) is 3. The molecule has 0 aliphatic heterocycles. The van der Waals surface area contributed by atoms with E-state index in [4.69, 9.17) is 25.8 Å². The molecule has 2 aromatic carbocycles. The van der Waals surface area contributed by atoms with Crippen LogP contribution in [0.5, 0.6) is 17.2 Å². The van der Waals surface area contributed by atoms with E-state index in [2.05, 4.69) is 10.6 Å². The van der Waals surface area contributed by atoms with Gasteiger partial charge >= 0.3 is 0 Å². The van der Waals surface area contributed by atoms with Crippen LogP contribution in [0.25, 0.3) is 0 Å². The van der Waals surface area contributed by atoms with Gasteiger partial charge in [-0.05, 0) is 42.3 Å². The molecule has 2 aromatic rings. The fourth-order valence-electron chi connectivity index (χ4n) is 2.64. The number of carbonyl (C=O) groups excluding carboxylic acids is 1. The molecule has 6 nitrogen and oxygen atoms in total.